The van der Waals surface area contributed by atoms with E-state index in [1.165, 1.54) is 4.90 Å². The smallest absolute Gasteiger partial charge is 0.248 e. The molecular weight excluding hydrogens is 418 g/mol. The minimum absolute atomic E-state index is 0.0748. The van der Waals surface area contributed by atoms with Crippen molar-refractivity contribution in [2.75, 3.05) is 6.54 Å². The predicted octanol–water partition coefficient (Wildman–Crippen LogP) is 2.42. The van der Waals surface area contributed by atoms with Crippen LogP contribution in [0.15, 0.2) is 30.5 Å². The second-order valence-electron chi connectivity index (χ2n) is 9.36. The summed E-state index contributed by atoms with van der Waals surface area (Å²) < 4.78 is 1.58. The number of rotatable bonds is 7. The third-order valence-corrected chi connectivity index (χ3v) is 6.09. The molecule has 176 valence electrons. The molecule has 1 fully saturated rings. The SMILES string of the molecule is C#Cc1ccc([C@H](C)NC(=O)[C@@H]2C[C@@H](O)CN2C(=O)[C@H](C(C)C)n2cc(C(C)C)nn2)cc1. The zero-order chi connectivity index (χ0) is 24.3. The number of amides is 2. The Kier molecular flexibility index (Phi) is 7.54. The number of carbonyl (C=O) groups is 2. The molecule has 0 unspecified atom stereocenters. The lowest BCUT2D eigenvalue weighted by atomic mass is 10.0. The van der Waals surface area contributed by atoms with E-state index < -0.39 is 18.2 Å². The number of aliphatic hydroxyl groups is 1. The van der Waals surface area contributed by atoms with Crippen molar-refractivity contribution in [3.63, 3.8) is 0 Å². The van der Waals surface area contributed by atoms with Crippen LogP contribution in [0.25, 0.3) is 0 Å². The fraction of sp³-hybridized carbons (Fsp3) is 0.520. The fourth-order valence-corrected chi connectivity index (χ4v) is 4.13. The van der Waals surface area contributed by atoms with Gasteiger partial charge >= 0.3 is 0 Å². The summed E-state index contributed by atoms with van der Waals surface area (Å²) in [7, 11) is 0. The molecule has 2 heterocycles. The van der Waals surface area contributed by atoms with Crippen LogP contribution in [-0.4, -0.2) is 55.5 Å². The second kappa shape index (κ2) is 10.2. The molecule has 0 bridgehead atoms. The van der Waals surface area contributed by atoms with E-state index in [4.69, 9.17) is 6.42 Å². The first kappa shape index (κ1) is 24.5. The minimum atomic E-state index is -0.760. The monoisotopic (exact) mass is 451 g/mol. The predicted molar refractivity (Wildman–Crippen MR) is 125 cm³/mol. The van der Waals surface area contributed by atoms with Gasteiger partial charge in [-0.3, -0.25) is 9.59 Å². The molecule has 1 saturated heterocycles. The standard InChI is InChI=1S/C25H33N5O3/c1-7-18-8-10-19(11-9-18)17(6)26-24(32)22-12-20(31)13-29(22)25(33)23(16(4)5)30-14-21(15(2)3)27-28-30/h1,8-11,14-17,20,22-23,31H,12-13H2,2-6H3,(H,26,32)/t17-,20+,22-,23-/m0/s1. The van der Waals surface area contributed by atoms with Gasteiger partial charge in [-0.05, 0) is 36.5 Å². The number of terminal acetylenes is 1. The van der Waals surface area contributed by atoms with Crippen LogP contribution in [0.4, 0.5) is 0 Å². The van der Waals surface area contributed by atoms with E-state index in [1.54, 1.807) is 10.9 Å². The third-order valence-electron chi connectivity index (χ3n) is 6.09. The molecule has 1 aliphatic heterocycles. The van der Waals surface area contributed by atoms with Crippen molar-refractivity contribution >= 4 is 11.8 Å². The van der Waals surface area contributed by atoms with E-state index >= 15 is 0 Å². The molecular formula is C25H33N5O3. The molecule has 0 aliphatic carbocycles. The number of aliphatic hydroxyl groups excluding tert-OH is 1. The zero-order valence-electron chi connectivity index (χ0n) is 19.9. The normalized spacial score (nSPS) is 20.0. The Morgan fingerprint density at radius 2 is 1.85 bits per heavy atom. The molecule has 0 saturated carbocycles. The highest BCUT2D eigenvalue weighted by Gasteiger charge is 2.43. The van der Waals surface area contributed by atoms with Crippen molar-refractivity contribution in [2.24, 2.45) is 5.92 Å². The number of carbonyl (C=O) groups excluding carboxylic acids is 2. The zero-order valence-corrected chi connectivity index (χ0v) is 19.9. The van der Waals surface area contributed by atoms with Crippen LogP contribution in [0.2, 0.25) is 0 Å². The largest absolute Gasteiger partial charge is 0.391 e. The number of nitrogens with one attached hydrogen (secondary N) is 1. The third kappa shape index (κ3) is 5.42. The van der Waals surface area contributed by atoms with Crippen molar-refractivity contribution < 1.29 is 14.7 Å². The molecule has 2 amide bonds. The van der Waals surface area contributed by atoms with Gasteiger partial charge in [-0.1, -0.05) is 51.0 Å². The van der Waals surface area contributed by atoms with Crippen LogP contribution in [0, 0.1) is 18.3 Å². The minimum Gasteiger partial charge on any atom is -0.391 e. The molecule has 1 aliphatic rings. The Hall–Kier alpha value is -3.18. The summed E-state index contributed by atoms with van der Waals surface area (Å²) in [6.45, 7) is 9.88. The van der Waals surface area contributed by atoms with Crippen molar-refractivity contribution in [3.05, 3.63) is 47.3 Å². The van der Waals surface area contributed by atoms with Crippen molar-refractivity contribution in [1.29, 1.82) is 0 Å². The number of nitrogens with zero attached hydrogens (tertiary/aromatic N) is 4. The summed E-state index contributed by atoms with van der Waals surface area (Å²) >= 11 is 0. The first-order valence-corrected chi connectivity index (χ1v) is 11.4. The summed E-state index contributed by atoms with van der Waals surface area (Å²) in [5.41, 5.74) is 2.47. The van der Waals surface area contributed by atoms with E-state index in [9.17, 15) is 14.7 Å². The van der Waals surface area contributed by atoms with E-state index in [0.717, 1.165) is 16.8 Å². The number of β-amino-alcohol motifs (C(OH)–C–C–N with tert-alkyl or cyclic N) is 1. The highest BCUT2D eigenvalue weighted by Crippen LogP contribution is 2.27. The quantitative estimate of drug-likeness (QED) is 0.630. The maximum Gasteiger partial charge on any atom is 0.248 e. The van der Waals surface area contributed by atoms with Gasteiger partial charge in [0.2, 0.25) is 11.8 Å². The van der Waals surface area contributed by atoms with Crippen molar-refractivity contribution in [1.82, 2.24) is 25.2 Å². The molecule has 8 heteroatoms. The summed E-state index contributed by atoms with van der Waals surface area (Å²) in [6, 6.07) is 5.75. The molecule has 3 rings (SSSR count). The fourth-order valence-electron chi connectivity index (χ4n) is 4.13. The summed E-state index contributed by atoms with van der Waals surface area (Å²) in [4.78, 5) is 28.2. The maximum atomic E-state index is 13.6. The average Bonchev–Trinajstić information content (AvgIpc) is 3.41. The van der Waals surface area contributed by atoms with Gasteiger partial charge in [0.1, 0.15) is 12.1 Å². The molecule has 33 heavy (non-hydrogen) atoms. The lowest BCUT2D eigenvalue weighted by Crippen LogP contribution is -2.49. The molecule has 1 aromatic carbocycles. The van der Waals surface area contributed by atoms with Gasteiger partial charge in [0, 0.05) is 24.7 Å². The average molecular weight is 452 g/mol. The molecule has 0 radical (unpaired) electrons. The number of benzene rings is 1. The van der Waals surface area contributed by atoms with Gasteiger partial charge in [0.15, 0.2) is 0 Å². The van der Waals surface area contributed by atoms with Crippen molar-refractivity contribution in [3.8, 4) is 12.3 Å². The Morgan fingerprint density at radius 3 is 2.39 bits per heavy atom. The second-order valence-corrected chi connectivity index (χ2v) is 9.36. The Labute approximate surface area is 195 Å². The van der Waals surface area contributed by atoms with Crippen LogP contribution in [0.1, 0.15) is 75.9 Å². The van der Waals surface area contributed by atoms with Crippen LogP contribution in [0.3, 0.4) is 0 Å². The Balaban J connectivity index is 1.78. The molecule has 0 spiro atoms. The molecule has 2 N–H and O–H groups in total. The number of likely N-dealkylation sites (tertiary alicyclic amines) is 1. The molecule has 4 atom stereocenters. The lowest BCUT2D eigenvalue weighted by Gasteiger charge is -2.30. The number of hydrogen-bond donors (Lipinski definition) is 2. The van der Waals surface area contributed by atoms with E-state index in [-0.39, 0.29) is 42.7 Å². The first-order valence-electron chi connectivity index (χ1n) is 11.4. The summed E-state index contributed by atoms with van der Waals surface area (Å²) in [6.07, 6.45) is 6.63. The Morgan fingerprint density at radius 1 is 1.18 bits per heavy atom. The lowest BCUT2D eigenvalue weighted by molar-refractivity contribution is -0.142. The van der Waals surface area contributed by atoms with Crippen LogP contribution >= 0.6 is 0 Å². The number of aromatic nitrogens is 3. The van der Waals surface area contributed by atoms with Crippen molar-refractivity contribution in [2.45, 2.75) is 71.2 Å². The topological polar surface area (TPSA) is 100 Å². The van der Waals surface area contributed by atoms with E-state index in [2.05, 4.69) is 21.5 Å². The van der Waals surface area contributed by atoms with Crippen LogP contribution in [-0.2, 0) is 9.59 Å². The van der Waals surface area contributed by atoms with Gasteiger partial charge in [0.25, 0.3) is 0 Å². The van der Waals surface area contributed by atoms with Gasteiger partial charge in [-0.2, -0.15) is 0 Å². The van der Waals surface area contributed by atoms with Crippen LogP contribution < -0.4 is 5.32 Å². The summed E-state index contributed by atoms with van der Waals surface area (Å²) in [5, 5.41) is 21.7. The summed E-state index contributed by atoms with van der Waals surface area (Å²) in [5.74, 6) is 2.15. The van der Waals surface area contributed by atoms with Gasteiger partial charge in [-0.15, -0.1) is 11.5 Å². The first-order chi connectivity index (χ1) is 15.6. The Bertz CT molecular complexity index is 1020. The van der Waals surface area contributed by atoms with Gasteiger partial charge in [-0.25, -0.2) is 4.68 Å². The highest BCUT2D eigenvalue weighted by atomic mass is 16.3. The molecule has 2 aromatic rings. The highest BCUT2D eigenvalue weighted by molar-refractivity contribution is 5.90. The van der Waals surface area contributed by atoms with Gasteiger partial charge < -0.3 is 15.3 Å². The van der Waals surface area contributed by atoms with E-state index in [0.29, 0.717) is 0 Å². The van der Waals surface area contributed by atoms with Crippen LogP contribution in [0.5, 0.6) is 0 Å². The molecule has 1 aromatic heterocycles. The number of hydrogen-bond acceptors (Lipinski definition) is 5. The molecule has 8 nitrogen and oxygen atoms in total. The van der Waals surface area contributed by atoms with Gasteiger partial charge in [0.05, 0.1) is 17.8 Å². The maximum absolute atomic E-state index is 13.6. The van der Waals surface area contributed by atoms with E-state index in [1.807, 2.05) is 58.9 Å².